The van der Waals surface area contributed by atoms with E-state index in [-0.39, 0.29) is 11.2 Å². The molecule has 0 heterocycles. The third-order valence-corrected chi connectivity index (χ3v) is 0.776. The quantitative estimate of drug-likeness (QED) is 0.423. The molecule has 0 radical (unpaired) electrons. The Morgan fingerprint density at radius 2 is 1.89 bits per heavy atom. The van der Waals surface area contributed by atoms with Crippen molar-refractivity contribution in [1.82, 2.24) is 0 Å². The van der Waals surface area contributed by atoms with Gasteiger partial charge in [-0.15, -0.1) is 0 Å². The highest BCUT2D eigenvalue weighted by Gasteiger charge is 2.02. The molecule has 0 aromatic rings. The van der Waals surface area contributed by atoms with E-state index in [1.165, 1.54) is 0 Å². The zero-order valence-corrected chi connectivity index (χ0v) is 6.31. The third kappa shape index (κ3) is 7.28. The minimum Gasteiger partial charge on any atom is -0.509 e. The molecular weight excluding hydrogens is 112 g/mol. The molecule has 9 heavy (non-hydrogen) atoms. The van der Waals surface area contributed by atoms with Crippen molar-refractivity contribution in [3.63, 3.8) is 0 Å². The van der Waals surface area contributed by atoms with Crippen LogP contribution >= 0.6 is 0 Å². The van der Waals surface area contributed by atoms with Gasteiger partial charge in [-0.2, -0.15) is 0 Å². The van der Waals surface area contributed by atoms with Crippen LogP contribution in [0.1, 0.15) is 20.8 Å². The Labute approximate surface area is 56.7 Å². The van der Waals surface area contributed by atoms with Crippen LogP contribution in [0.3, 0.4) is 0 Å². The standard InChI is InChI=1S/C8H14O/c1-7(9)5-6-8(2,3)4/h5-6,9H,1H2,2-4H3/b6-5+. The van der Waals surface area contributed by atoms with E-state index in [4.69, 9.17) is 5.11 Å². The van der Waals surface area contributed by atoms with Gasteiger partial charge in [0.25, 0.3) is 0 Å². The molecule has 0 aliphatic carbocycles. The molecule has 0 saturated carbocycles. The van der Waals surface area contributed by atoms with Crippen LogP contribution < -0.4 is 0 Å². The van der Waals surface area contributed by atoms with Crippen molar-refractivity contribution in [3.05, 3.63) is 24.5 Å². The number of rotatable bonds is 1. The van der Waals surface area contributed by atoms with Gasteiger partial charge in [-0.3, -0.25) is 0 Å². The number of hydrogen-bond donors (Lipinski definition) is 1. The fraction of sp³-hybridized carbons (Fsp3) is 0.500. The molecule has 0 saturated heterocycles. The predicted molar refractivity (Wildman–Crippen MR) is 40.4 cm³/mol. The van der Waals surface area contributed by atoms with E-state index < -0.39 is 0 Å². The van der Waals surface area contributed by atoms with Crippen molar-refractivity contribution in [3.8, 4) is 0 Å². The normalized spacial score (nSPS) is 12.3. The Hall–Kier alpha value is -0.720. The Morgan fingerprint density at radius 3 is 2.00 bits per heavy atom. The van der Waals surface area contributed by atoms with Gasteiger partial charge in [0.1, 0.15) is 5.76 Å². The Kier molecular flexibility index (Phi) is 2.50. The van der Waals surface area contributed by atoms with E-state index in [1.54, 1.807) is 6.08 Å². The minimum absolute atomic E-state index is 0.116. The fourth-order valence-electron chi connectivity index (χ4n) is 0.346. The van der Waals surface area contributed by atoms with Crippen LogP contribution in [-0.2, 0) is 0 Å². The van der Waals surface area contributed by atoms with Crippen molar-refractivity contribution in [2.24, 2.45) is 5.41 Å². The summed E-state index contributed by atoms with van der Waals surface area (Å²) in [7, 11) is 0. The van der Waals surface area contributed by atoms with Crippen LogP contribution in [0.15, 0.2) is 24.5 Å². The van der Waals surface area contributed by atoms with Gasteiger partial charge in [0, 0.05) is 0 Å². The molecule has 1 N–H and O–H groups in total. The Morgan fingerprint density at radius 1 is 1.44 bits per heavy atom. The maximum atomic E-state index is 8.63. The van der Waals surface area contributed by atoms with E-state index in [9.17, 15) is 0 Å². The lowest BCUT2D eigenvalue weighted by atomic mass is 9.96. The second kappa shape index (κ2) is 2.72. The molecule has 0 bridgehead atoms. The van der Waals surface area contributed by atoms with Crippen molar-refractivity contribution in [1.29, 1.82) is 0 Å². The van der Waals surface area contributed by atoms with Gasteiger partial charge in [0.05, 0.1) is 0 Å². The summed E-state index contributed by atoms with van der Waals surface area (Å²) in [5.41, 5.74) is 0.131. The molecule has 0 aliphatic heterocycles. The van der Waals surface area contributed by atoms with Crippen LogP contribution in [-0.4, -0.2) is 5.11 Å². The summed E-state index contributed by atoms with van der Waals surface area (Å²) < 4.78 is 0. The van der Waals surface area contributed by atoms with E-state index in [0.717, 1.165) is 0 Å². The second-order valence-corrected chi connectivity index (χ2v) is 3.19. The Balaban J connectivity index is 3.86. The minimum atomic E-state index is 0.116. The predicted octanol–water partition coefficient (Wildman–Crippen LogP) is 2.66. The van der Waals surface area contributed by atoms with Gasteiger partial charge < -0.3 is 5.11 Å². The molecule has 1 nitrogen and oxygen atoms in total. The summed E-state index contributed by atoms with van der Waals surface area (Å²) in [6.45, 7) is 9.51. The van der Waals surface area contributed by atoms with Crippen LogP contribution in [0.25, 0.3) is 0 Å². The molecule has 0 fully saturated rings. The first-order chi connectivity index (χ1) is 3.92. The lowest BCUT2D eigenvalue weighted by Crippen LogP contribution is -1.98. The van der Waals surface area contributed by atoms with E-state index >= 15 is 0 Å². The average Bonchev–Trinajstić information content (AvgIpc) is 1.59. The van der Waals surface area contributed by atoms with Crippen molar-refractivity contribution >= 4 is 0 Å². The number of aliphatic hydroxyl groups excluding tert-OH is 1. The lowest BCUT2D eigenvalue weighted by Gasteiger charge is -2.10. The van der Waals surface area contributed by atoms with Crippen LogP contribution in [0.5, 0.6) is 0 Å². The fourth-order valence-corrected chi connectivity index (χ4v) is 0.346. The highest BCUT2D eigenvalue weighted by Crippen LogP contribution is 2.14. The summed E-state index contributed by atoms with van der Waals surface area (Å²) in [6, 6.07) is 0. The van der Waals surface area contributed by atoms with Gasteiger partial charge in [0.2, 0.25) is 0 Å². The van der Waals surface area contributed by atoms with Crippen molar-refractivity contribution < 1.29 is 5.11 Å². The van der Waals surface area contributed by atoms with Gasteiger partial charge in [-0.1, -0.05) is 33.4 Å². The number of allylic oxidation sites excluding steroid dienone is 2. The third-order valence-electron chi connectivity index (χ3n) is 0.776. The lowest BCUT2D eigenvalue weighted by molar-refractivity contribution is 0.432. The molecule has 0 spiro atoms. The molecule has 0 aromatic carbocycles. The first kappa shape index (κ1) is 8.28. The van der Waals surface area contributed by atoms with E-state index in [1.807, 2.05) is 6.08 Å². The largest absolute Gasteiger partial charge is 0.509 e. The van der Waals surface area contributed by atoms with E-state index in [2.05, 4.69) is 27.4 Å². The molecule has 0 unspecified atom stereocenters. The average molecular weight is 126 g/mol. The molecule has 0 aromatic heterocycles. The maximum absolute atomic E-state index is 8.63. The van der Waals surface area contributed by atoms with E-state index in [0.29, 0.717) is 0 Å². The zero-order valence-electron chi connectivity index (χ0n) is 6.31. The second-order valence-electron chi connectivity index (χ2n) is 3.19. The SMILES string of the molecule is C=C(O)/C=C/C(C)(C)C. The van der Waals surface area contributed by atoms with Gasteiger partial charge in [-0.25, -0.2) is 0 Å². The van der Waals surface area contributed by atoms with Gasteiger partial charge >= 0.3 is 0 Å². The number of aliphatic hydroxyl groups is 1. The van der Waals surface area contributed by atoms with Crippen molar-refractivity contribution in [2.45, 2.75) is 20.8 Å². The molecular formula is C8H14O. The monoisotopic (exact) mass is 126 g/mol. The Bertz CT molecular complexity index is 126. The smallest absolute Gasteiger partial charge is 0.108 e. The topological polar surface area (TPSA) is 20.2 Å². The first-order valence-electron chi connectivity index (χ1n) is 2.99. The van der Waals surface area contributed by atoms with Gasteiger partial charge in [-0.05, 0) is 11.5 Å². The first-order valence-corrected chi connectivity index (χ1v) is 2.99. The van der Waals surface area contributed by atoms with Crippen LogP contribution in [0.4, 0.5) is 0 Å². The van der Waals surface area contributed by atoms with Crippen LogP contribution in [0.2, 0.25) is 0 Å². The van der Waals surface area contributed by atoms with Crippen LogP contribution in [0, 0.1) is 5.41 Å². The molecule has 0 atom stereocenters. The number of hydrogen-bond acceptors (Lipinski definition) is 1. The molecule has 0 aliphatic rings. The maximum Gasteiger partial charge on any atom is 0.108 e. The summed E-state index contributed by atoms with van der Waals surface area (Å²) >= 11 is 0. The molecule has 1 heteroatoms. The molecule has 0 rings (SSSR count). The van der Waals surface area contributed by atoms with Crippen molar-refractivity contribution in [2.75, 3.05) is 0 Å². The summed E-state index contributed by atoms with van der Waals surface area (Å²) in [4.78, 5) is 0. The highest BCUT2D eigenvalue weighted by molar-refractivity contribution is 5.08. The summed E-state index contributed by atoms with van der Waals surface area (Å²) in [5.74, 6) is 0.116. The van der Waals surface area contributed by atoms with Gasteiger partial charge in [0.15, 0.2) is 0 Å². The molecule has 52 valence electrons. The summed E-state index contributed by atoms with van der Waals surface area (Å²) in [5, 5.41) is 8.63. The summed E-state index contributed by atoms with van der Waals surface area (Å²) in [6.07, 6.45) is 3.52. The highest BCUT2D eigenvalue weighted by atomic mass is 16.3. The molecule has 0 amide bonds. The zero-order chi connectivity index (χ0) is 7.49.